The molecule has 1 saturated heterocycles. The summed E-state index contributed by atoms with van der Waals surface area (Å²) in [7, 11) is 0. The molecule has 2 aromatic heterocycles. The number of thiazole rings is 1. The first-order valence-electron chi connectivity index (χ1n) is 8.82. The highest BCUT2D eigenvalue weighted by molar-refractivity contribution is 7.99. The number of thioether (sulfide) groups is 1. The van der Waals surface area contributed by atoms with Crippen molar-refractivity contribution in [1.82, 2.24) is 19.7 Å². The molecule has 3 aromatic rings. The summed E-state index contributed by atoms with van der Waals surface area (Å²) in [6, 6.07) is 6.15. The van der Waals surface area contributed by atoms with Crippen molar-refractivity contribution in [3.63, 3.8) is 0 Å². The number of nitrogens with zero attached hydrogens (tertiary/aromatic N) is 4. The van der Waals surface area contributed by atoms with E-state index in [0.717, 1.165) is 25.0 Å². The lowest BCUT2D eigenvalue weighted by atomic mass is 10.2. The lowest BCUT2D eigenvalue weighted by Crippen LogP contribution is -2.18. The fourth-order valence-electron chi connectivity index (χ4n) is 2.94. The number of amides is 1. The number of ether oxygens (including phenoxy) is 1. The topological polar surface area (TPSA) is 81.9 Å². The maximum atomic E-state index is 13.3. The van der Waals surface area contributed by atoms with Crippen molar-refractivity contribution >= 4 is 34.1 Å². The molecule has 10 heteroatoms. The van der Waals surface area contributed by atoms with E-state index in [1.165, 1.54) is 35.2 Å². The number of carbonyl (C=O) groups is 1. The van der Waals surface area contributed by atoms with Gasteiger partial charge < -0.3 is 10.1 Å². The van der Waals surface area contributed by atoms with Crippen LogP contribution in [0.2, 0.25) is 0 Å². The van der Waals surface area contributed by atoms with Gasteiger partial charge >= 0.3 is 0 Å². The van der Waals surface area contributed by atoms with Gasteiger partial charge in [0, 0.05) is 23.7 Å². The molecule has 1 aromatic carbocycles. The van der Waals surface area contributed by atoms with Gasteiger partial charge in [-0.15, -0.1) is 21.5 Å². The smallest absolute Gasteiger partial charge is 0.236 e. The number of carbonyl (C=O) groups excluding carboxylic acids is 1. The lowest BCUT2D eigenvalue weighted by molar-refractivity contribution is -0.113. The minimum Gasteiger partial charge on any atom is -0.376 e. The van der Waals surface area contributed by atoms with Gasteiger partial charge in [0.15, 0.2) is 16.1 Å². The largest absolute Gasteiger partial charge is 0.376 e. The molecule has 1 fully saturated rings. The summed E-state index contributed by atoms with van der Waals surface area (Å²) in [5.74, 6) is 0.364. The van der Waals surface area contributed by atoms with Gasteiger partial charge in [0.25, 0.3) is 0 Å². The van der Waals surface area contributed by atoms with Crippen LogP contribution in [-0.2, 0) is 16.1 Å². The lowest BCUT2D eigenvalue weighted by Gasteiger charge is -2.14. The van der Waals surface area contributed by atoms with Crippen molar-refractivity contribution in [3.05, 3.63) is 41.7 Å². The van der Waals surface area contributed by atoms with Gasteiger partial charge in [0.05, 0.1) is 18.4 Å². The molecule has 4 rings (SSSR count). The van der Waals surface area contributed by atoms with Gasteiger partial charge in [0.2, 0.25) is 5.91 Å². The summed E-state index contributed by atoms with van der Waals surface area (Å²) in [6.45, 7) is 1.34. The van der Waals surface area contributed by atoms with Gasteiger partial charge in [-0.25, -0.2) is 9.37 Å². The number of halogens is 1. The average Bonchev–Trinajstić information content (AvgIpc) is 3.44. The Morgan fingerprint density at radius 3 is 2.93 bits per heavy atom. The molecule has 28 heavy (non-hydrogen) atoms. The third-order valence-electron chi connectivity index (χ3n) is 4.24. The Morgan fingerprint density at radius 1 is 1.36 bits per heavy atom. The standard InChI is InChI=1S/C18H18FN5O2S2/c19-13-5-3-12(4-6-13)16-22-23-18(24(16)10-14-2-1-8-26-14)28-11-15(25)21-17-20-7-9-27-17/h3-7,9,14H,1-2,8,10-11H2,(H,20,21,25). The van der Waals surface area contributed by atoms with E-state index in [1.807, 2.05) is 4.57 Å². The van der Waals surface area contributed by atoms with Gasteiger partial charge in [-0.05, 0) is 37.1 Å². The quantitative estimate of drug-likeness (QED) is 0.591. The molecule has 0 aliphatic carbocycles. The highest BCUT2D eigenvalue weighted by Crippen LogP contribution is 2.27. The summed E-state index contributed by atoms with van der Waals surface area (Å²) in [5.41, 5.74) is 0.769. The molecule has 0 radical (unpaired) electrons. The van der Waals surface area contributed by atoms with Crippen LogP contribution in [0, 0.1) is 5.82 Å². The van der Waals surface area contributed by atoms with Crippen LogP contribution in [0.5, 0.6) is 0 Å². The number of aromatic nitrogens is 4. The van der Waals surface area contributed by atoms with E-state index >= 15 is 0 Å². The zero-order valence-electron chi connectivity index (χ0n) is 14.9. The molecule has 0 saturated carbocycles. The highest BCUT2D eigenvalue weighted by atomic mass is 32.2. The van der Waals surface area contributed by atoms with Crippen LogP contribution >= 0.6 is 23.1 Å². The van der Waals surface area contributed by atoms with Crippen LogP contribution in [0.3, 0.4) is 0 Å². The van der Waals surface area contributed by atoms with Crippen LogP contribution in [0.1, 0.15) is 12.8 Å². The minimum atomic E-state index is -0.303. The zero-order valence-corrected chi connectivity index (χ0v) is 16.5. The Hall–Kier alpha value is -2.30. The van der Waals surface area contributed by atoms with Crippen molar-refractivity contribution in [2.45, 2.75) is 30.6 Å². The Balaban J connectivity index is 1.52. The molecule has 1 aliphatic heterocycles. The SMILES string of the molecule is O=C(CSc1nnc(-c2ccc(F)cc2)n1CC1CCCO1)Nc1nccs1. The van der Waals surface area contributed by atoms with Crippen LogP contribution in [0.25, 0.3) is 11.4 Å². The third-order valence-corrected chi connectivity index (χ3v) is 5.90. The molecule has 146 valence electrons. The monoisotopic (exact) mass is 419 g/mol. The predicted molar refractivity (Wildman–Crippen MR) is 106 cm³/mol. The molecule has 1 atom stereocenters. The van der Waals surface area contributed by atoms with E-state index in [1.54, 1.807) is 23.7 Å². The summed E-state index contributed by atoms with van der Waals surface area (Å²) in [5, 5.41) is 14.3. The maximum Gasteiger partial charge on any atom is 0.236 e. The van der Waals surface area contributed by atoms with Gasteiger partial charge in [0.1, 0.15) is 5.82 Å². The molecule has 1 amide bonds. The van der Waals surface area contributed by atoms with Crippen molar-refractivity contribution in [2.24, 2.45) is 0 Å². The van der Waals surface area contributed by atoms with E-state index < -0.39 is 0 Å². The first-order valence-corrected chi connectivity index (χ1v) is 10.7. The molecule has 7 nitrogen and oxygen atoms in total. The molecular weight excluding hydrogens is 401 g/mol. The predicted octanol–water partition coefficient (Wildman–Crippen LogP) is 3.45. The van der Waals surface area contributed by atoms with Crippen molar-refractivity contribution in [2.75, 3.05) is 17.7 Å². The van der Waals surface area contributed by atoms with Gasteiger partial charge in [-0.3, -0.25) is 9.36 Å². The Labute approximate surface area is 169 Å². The van der Waals surface area contributed by atoms with Crippen LogP contribution in [-0.4, -0.2) is 44.1 Å². The average molecular weight is 420 g/mol. The summed E-state index contributed by atoms with van der Waals surface area (Å²) < 4.78 is 21.0. The van der Waals surface area contributed by atoms with Crippen molar-refractivity contribution < 1.29 is 13.9 Å². The second kappa shape index (κ2) is 8.80. The fourth-order valence-corrected chi connectivity index (χ4v) is 4.23. The second-order valence-electron chi connectivity index (χ2n) is 6.23. The van der Waals surface area contributed by atoms with Crippen molar-refractivity contribution in [1.29, 1.82) is 0 Å². The number of rotatable bonds is 7. The number of benzene rings is 1. The summed E-state index contributed by atoms with van der Waals surface area (Å²) >= 11 is 2.67. The minimum absolute atomic E-state index is 0.0821. The first-order chi connectivity index (χ1) is 13.7. The van der Waals surface area contributed by atoms with Crippen LogP contribution < -0.4 is 5.32 Å². The molecule has 1 unspecified atom stereocenters. The normalized spacial score (nSPS) is 16.4. The van der Waals surface area contributed by atoms with Crippen LogP contribution in [0.15, 0.2) is 41.0 Å². The molecular formula is C18H18FN5O2S2. The Morgan fingerprint density at radius 2 is 2.21 bits per heavy atom. The van der Waals surface area contributed by atoms with Crippen molar-refractivity contribution in [3.8, 4) is 11.4 Å². The number of hydrogen-bond acceptors (Lipinski definition) is 7. The number of nitrogens with one attached hydrogen (secondary N) is 1. The van der Waals surface area contributed by atoms with Crippen LogP contribution in [0.4, 0.5) is 9.52 Å². The van der Waals surface area contributed by atoms with E-state index in [9.17, 15) is 9.18 Å². The molecule has 3 heterocycles. The first kappa shape index (κ1) is 19.0. The summed E-state index contributed by atoms with van der Waals surface area (Å²) in [6.07, 6.45) is 3.71. The van der Waals surface area contributed by atoms with Gasteiger partial charge in [-0.2, -0.15) is 0 Å². The molecule has 1 aliphatic rings. The fraction of sp³-hybridized carbons (Fsp3) is 0.333. The molecule has 0 bridgehead atoms. The second-order valence-corrected chi connectivity index (χ2v) is 8.07. The maximum absolute atomic E-state index is 13.3. The third kappa shape index (κ3) is 4.57. The zero-order chi connectivity index (χ0) is 19.3. The molecule has 0 spiro atoms. The molecule has 1 N–H and O–H groups in total. The number of hydrogen-bond donors (Lipinski definition) is 1. The van der Waals surface area contributed by atoms with E-state index in [4.69, 9.17) is 4.74 Å². The van der Waals surface area contributed by atoms with E-state index in [-0.39, 0.29) is 23.6 Å². The Kier molecular flexibility index (Phi) is 5.98. The number of anilines is 1. The summed E-state index contributed by atoms with van der Waals surface area (Å²) in [4.78, 5) is 16.2. The van der Waals surface area contributed by atoms with E-state index in [2.05, 4.69) is 20.5 Å². The Bertz CT molecular complexity index is 924. The highest BCUT2D eigenvalue weighted by Gasteiger charge is 2.22. The van der Waals surface area contributed by atoms with E-state index in [0.29, 0.717) is 22.7 Å². The van der Waals surface area contributed by atoms with Gasteiger partial charge in [-0.1, -0.05) is 11.8 Å².